The summed E-state index contributed by atoms with van der Waals surface area (Å²) in [7, 11) is 0. The van der Waals surface area contributed by atoms with Crippen LogP contribution in [-0.2, 0) is 4.79 Å². The van der Waals surface area contributed by atoms with Gasteiger partial charge >= 0.3 is 0 Å². The van der Waals surface area contributed by atoms with Crippen LogP contribution in [-0.4, -0.2) is 5.94 Å². The van der Waals surface area contributed by atoms with Gasteiger partial charge in [0.1, 0.15) is 5.94 Å². The second-order valence-corrected chi connectivity index (χ2v) is 0.144. The zero-order chi connectivity index (χ0) is 2.71. The lowest BCUT2D eigenvalue weighted by atomic mass is 11.2. The van der Waals surface area contributed by atoms with Crippen molar-refractivity contribution in [3.63, 3.8) is 0 Å². The van der Waals surface area contributed by atoms with Crippen molar-refractivity contribution in [1.29, 1.82) is 0 Å². The second-order valence-electron chi connectivity index (χ2n) is 0.144. The van der Waals surface area contributed by atoms with Crippen LogP contribution in [0.3, 0.4) is 0 Å². The SMILES string of the molecule is C=C=O.N. The van der Waals surface area contributed by atoms with Crippen molar-refractivity contribution in [3.05, 3.63) is 6.58 Å². The van der Waals surface area contributed by atoms with Crippen molar-refractivity contribution in [2.75, 3.05) is 0 Å². The van der Waals surface area contributed by atoms with Crippen molar-refractivity contribution < 1.29 is 4.79 Å². The molecule has 2 heteroatoms. The number of hydrogen-bond donors (Lipinski definition) is 1. The molecule has 2 nitrogen and oxygen atoms in total. The van der Waals surface area contributed by atoms with Gasteiger partial charge in [-0.3, -0.25) is 0 Å². The maximum Gasteiger partial charge on any atom is 0.116 e. The number of hydrogen-bond acceptors (Lipinski definition) is 2. The van der Waals surface area contributed by atoms with E-state index in [4.69, 9.17) is 4.79 Å². The minimum absolute atomic E-state index is 0. The molecule has 0 radical (unpaired) electrons. The minimum atomic E-state index is 0. The van der Waals surface area contributed by atoms with Crippen LogP contribution in [0.5, 0.6) is 0 Å². The quantitative estimate of drug-likeness (QED) is 0.404. The van der Waals surface area contributed by atoms with Crippen molar-refractivity contribution in [1.82, 2.24) is 6.15 Å². The average molecular weight is 59.1 g/mol. The summed E-state index contributed by atoms with van der Waals surface area (Å²) in [5.41, 5.74) is 0. The lowest BCUT2D eigenvalue weighted by molar-refractivity contribution is 0.569. The van der Waals surface area contributed by atoms with E-state index in [2.05, 4.69) is 6.58 Å². The number of rotatable bonds is 0. The first-order valence-electron chi connectivity index (χ1n) is 0.558. The first kappa shape index (κ1) is 9.96. The van der Waals surface area contributed by atoms with Crippen molar-refractivity contribution >= 4 is 5.94 Å². The Hall–Kier alpha value is -0.590. The highest BCUT2D eigenvalue weighted by atomic mass is 16.1. The molecule has 0 fully saturated rings. The normalized spacial score (nSPS) is 2.00. The maximum atomic E-state index is 8.57. The van der Waals surface area contributed by atoms with Gasteiger partial charge in [0, 0.05) is 0 Å². The van der Waals surface area contributed by atoms with E-state index in [9.17, 15) is 0 Å². The molecule has 0 aliphatic rings. The summed E-state index contributed by atoms with van der Waals surface area (Å²) >= 11 is 0. The zero-order valence-corrected chi connectivity index (χ0v) is 2.32. The molecule has 0 unspecified atom stereocenters. The van der Waals surface area contributed by atoms with E-state index in [1.165, 1.54) is 5.94 Å². The molecule has 0 atom stereocenters. The van der Waals surface area contributed by atoms with Crippen LogP contribution in [0.1, 0.15) is 0 Å². The Kier molecular flexibility index (Phi) is 71.0. The Morgan fingerprint density at radius 3 is 1.75 bits per heavy atom. The van der Waals surface area contributed by atoms with Crippen LogP contribution >= 0.6 is 0 Å². The first-order chi connectivity index (χ1) is 1.41. The van der Waals surface area contributed by atoms with Crippen LogP contribution < -0.4 is 6.15 Å². The first-order valence-corrected chi connectivity index (χ1v) is 0.558. The van der Waals surface area contributed by atoms with Crippen LogP contribution in [0.25, 0.3) is 0 Å². The topological polar surface area (TPSA) is 52.1 Å². The predicted molar refractivity (Wildman–Crippen MR) is 16.3 cm³/mol. The molecule has 0 saturated carbocycles. The molecule has 0 bridgehead atoms. The zero-order valence-electron chi connectivity index (χ0n) is 2.32. The highest BCUT2D eigenvalue weighted by Gasteiger charge is 1.01. The van der Waals surface area contributed by atoms with Crippen LogP contribution in [0.15, 0.2) is 6.58 Å². The Labute approximate surface area is 24.7 Å². The van der Waals surface area contributed by atoms with E-state index in [1.54, 1.807) is 0 Å². The van der Waals surface area contributed by atoms with Gasteiger partial charge in [0.05, 0.1) is 0 Å². The fourth-order valence-corrected chi connectivity index (χ4v) is 0. The third kappa shape index (κ3) is 0.681. The van der Waals surface area contributed by atoms with Gasteiger partial charge in [-0.05, 0) is 6.58 Å². The summed E-state index contributed by atoms with van der Waals surface area (Å²) in [6.45, 7) is 2.68. The smallest absolute Gasteiger partial charge is 0.116 e. The lowest BCUT2D eigenvalue weighted by Gasteiger charge is -1.02. The molecule has 0 aliphatic heterocycles. The number of carbonyl (C=O) groups excluding carboxylic acids is 1. The molecule has 24 valence electrons. The molecule has 0 aliphatic carbocycles. The van der Waals surface area contributed by atoms with Gasteiger partial charge in [0.15, 0.2) is 0 Å². The molecule has 0 aromatic carbocycles. The third-order valence-electron chi connectivity index (χ3n) is 0. The molecule has 0 rings (SSSR count). The molecule has 0 aromatic heterocycles. The van der Waals surface area contributed by atoms with Gasteiger partial charge in [-0.2, -0.15) is 0 Å². The van der Waals surface area contributed by atoms with Gasteiger partial charge in [0.25, 0.3) is 0 Å². The molecular weight excluding hydrogens is 54.0 g/mol. The molecule has 0 heterocycles. The van der Waals surface area contributed by atoms with E-state index < -0.39 is 0 Å². The summed E-state index contributed by atoms with van der Waals surface area (Å²) < 4.78 is 0. The Bertz CT molecular complexity index is 27.0. The monoisotopic (exact) mass is 59.0 g/mol. The van der Waals surface area contributed by atoms with Crippen molar-refractivity contribution in [3.8, 4) is 0 Å². The van der Waals surface area contributed by atoms with Crippen LogP contribution in [0, 0.1) is 0 Å². The lowest BCUT2D eigenvalue weighted by Crippen LogP contribution is -1.15. The predicted octanol–water partition coefficient (Wildman–Crippen LogP) is 0.166. The second kappa shape index (κ2) is 28.5. The highest BCUT2D eigenvalue weighted by Crippen LogP contribution is 0.894. The van der Waals surface area contributed by atoms with Crippen molar-refractivity contribution in [2.24, 2.45) is 0 Å². The largest absolute Gasteiger partial charge is 0.344 e. The summed E-state index contributed by atoms with van der Waals surface area (Å²) in [5.74, 6) is 1.25. The fourth-order valence-electron chi connectivity index (χ4n) is 0. The molecule has 0 amide bonds. The highest BCUT2D eigenvalue weighted by molar-refractivity contribution is 5.38. The molecule has 0 saturated heterocycles. The van der Waals surface area contributed by atoms with E-state index in [0.717, 1.165) is 0 Å². The maximum absolute atomic E-state index is 8.57. The summed E-state index contributed by atoms with van der Waals surface area (Å²) in [6, 6.07) is 0. The third-order valence-corrected chi connectivity index (χ3v) is 0. The summed E-state index contributed by atoms with van der Waals surface area (Å²) in [4.78, 5) is 8.57. The van der Waals surface area contributed by atoms with E-state index in [1.807, 2.05) is 0 Å². The van der Waals surface area contributed by atoms with Gasteiger partial charge in [-0.25, -0.2) is 4.79 Å². The standard InChI is InChI=1S/C2H2O.H3N/c1-2-3;/h1H2;1H3. The van der Waals surface area contributed by atoms with E-state index in [-0.39, 0.29) is 6.15 Å². The van der Waals surface area contributed by atoms with Gasteiger partial charge < -0.3 is 6.15 Å². The summed E-state index contributed by atoms with van der Waals surface area (Å²) in [6.07, 6.45) is 0. The van der Waals surface area contributed by atoms with Crippen LogP contribution in [0.4, 0.5) is 0 Å². The molecular formula is C2H5NO. The van der Waals surface area contributed by atoms with E-state index >= 15 is 0 Å². The van der Waals surface area contributed by atoms with Gasteiger partial charge in [-0.1, -0.05) is 0 Å². The van der Waals surface area contributed by atoms with Gasteiger partial charge in [0.2, 0.25) is 0 Å². The van der Waals surface area contributed by atoms with Gasteiger partial charge in [-0.15, -0.1) is 0 Å². The van der Waals surface area contributed by atoms with Crippen LogP contribution in [0.2, 0.25) is 0 Å². The van der Waals surface area contributed by atoms with Crippen molar-refractivity contribution in [2.45, 2.75) is 0 Å². The molecule has 4 heavy (non-hydrogen) atoms. The molecule has 0 aromatic rings. The Balaban J connectivity index is 0. The minimum Gasteiger partial charge on any atom is -0.344 e. The Morgan fingerprint density at radius 2 is 1.75 bits per heavy atom. The molecule has 0 spiro atoms. The molecule has 3 N–H and O–H groups in total. The van der Waals surface area contributed by atoms with E-state index in [0.29, 0.717) is 0 Å². The fraction of sp³-hybridized carbons (Fsp3) is 0. The summed E-state index contributed by atoms with van der Waals surface area (Å²) in [5, 5.41) is 0. The Morgan fingerprint density at radius 1 is 1.75 bits per heavy atom. The average Bonchev–Trinajstić information content (AvgIpc) is 0.918.